The fourth-order valence-corrected chi connectivity index (χ4v) is 1.30. The lowest BCUT2D eigenvalue weighted by Crippen LogP contribution is -2.00. The number of ether oxygens (including phenoxy) is 1. The maximum Gasteiger partial charge on any atom is 0.137 e. The molecular formula is C10H11N3O2. The first kappa shape index (κ1) is 9.51. The first-order chi connectivity index (χ1) is 7.29. The molecule has 0 unspecified atom stereocenters. The van der Waals surface area contributed by atoms with Crippen molar-refractivity contribution < 1.29 is 9.84 Å². The lowest BCUT2D eigenvalue weighted by molar-refractivity contribution is 0.410. The van der Waals surface area contributed by atoms with Gasteiger partial charge in [0.1, 0.15) is 24.2 Å². The molecule has 0 aliphatic rings. The van der Waals surface area contributed by atoms with E-state index in [0.29, 0.717) is 12.3 Å². The number of hydrogen-bond donors (Lipinski definition) is 1. The molecule has 2 aromatic rings. The minimum absolute atomic E-state index is 0.228. The second-order valence-corrected chi connectivity index (χ2v) is 3.09. The largest absolute Gasteiger partial charge is 0.508 e. The van der Waals surface area contributed by atoms with Crippen LogP contribution in [-0.4, -0.2) is 27.0 Å². The molecule has 0 atom stereocenters. The van der Waals surface area contributed by atoms with Crippen molar-refractivity contribution in [1.29, 1.82) is 0 Å². The molecule has 78 valence electrons. The quantitative estimate of drug-likeness (QED) is 0.813. The zero-order valence-corrected chi connectivity index (χ0v) is 8.29. The average Bonchev–Trinajstić information content (AvgIpc) is 2.74. The lowest BCUT2D eigenvalue weighted by atomic mass is 10.2. The van der Waals surface area contributed by atoms with Crippen LogP contribution < -0.4 is 4.74 Å². The van der Waals surface area contributed by atoms with E-state index in [1.54, 1.807) is 36.3 Å². The Bertz CT molecular complexity index is 440. The SMILES string of the molecule is COc1ccc(O)c(Cn2cncn2)c1. The third-order valence-electron chi connectivity index (χ3n) is 2.09. The van der Waals surface area contributed by atoms with Crippen LogP contribution in [0.4, 0.5) is 0 Å². The predicted molar refractivity (Wildman–Crippen MR) is 53.8 cm³/mol. The molecule has 2 rings (SSSR count). The van der Waals surface area contributed by atoms with Crippen molar-refractivity contribution in [2.45, 2.75) is 6.54 Å². The Labute approximate surface area is 87.0 Å². The second-order valence-electron chi connectivity index (χ2n) is 3.09. The molecule has 0 spiro atoms. The second kappa shape index (κ2) is 4.00. The number of aromatic hydroxyl groups is 1. The molecule has 0 aliphatic heterocycles. The van der Waals surface area contributed by atoms with Crippen molar-refractivity contribution in [3.05, 3.63) is 36.4 Å². The van der Waals surface area contributed by atoms with Crippen molar-refractivity contribution in [2.24, 2.45) is 0 Å². The van der Waals surface area contributed by atoms with Gasteiger partial charge in [-0.15, -0.1) is 0 Å². The molecule has 1 heterocycles. The van der Waals surface area contributed by atoms with Crippen molar-refractivity contribution in [1.82, 2.24) is 14.8 Å². The zero-order chi connectivity index (χ0) is 10.7. The first-order valence-corrected chi connectivity index (χ1v) is 4.48. The van der Waals surface area contributed by atoms with Crippen LogP contribution in [0.2, 0.25) is 0 Å². The standard InChI is InChI=1S/C10H11N3O2/c1-15-9-2-3-10(14)8(4-9)5-13-7-11-6-12-13/h2-4,6-7,14H,5H2,1H3. The van der Waals surface area contributed by atoms with Gasteiger partial charge in [0.15, 0.2) is 0 Å². The van der Waals surface area contributed by atoms with Gasteiger partial charge >= 0.3 is 0 Å². The van der Waals surface area contributed by atoms with Crippen molar-refractivity contribution >= 4 is 0 Å². The molecule has 5 nitrogen and oxygen atoms in total. The van der Waals surface area contributed by atoms with Crippen LogP contribution in [0.25, 0.3) is 0 Å². The van der Waals surface area contributed by atoms with Gasteiger partial charge in [0.25, 0.3) is 0 Å². The molecule has 15 heavy (non-hydrogen) atoms. The summed E-state index contributed by atoms with van der Waals surface area (Å²) in [4.78, 5) is 3.83. The number of phenolic OH excluding ortho intramolecular Hbond substituents is 1. The summed E-state index contributed by atoms with van der Waals surface area (Å²) in [6.45, 7) is 0.475. The Morgan fingerprint density at radius 2 is 2.33 bits per heavy atom. The van der Waals surface area contributed by atoms with Gasteiger partial charge in [0.2, 0.25) is 0 Å². The fourth-order valence-electron chi connectivity index (χ4n) is 1.30. The summed E-state index contributed by atoms with van der Waals surface area (Å²) < 4.78 is 6.71. The average molecular weight is 205 g/mol. The Hall–Kier alpha value is -2.04. The van der Waals surface area contributed by atoms with Crippen LogP contribution in [0, 0.1) is 0 Å². The monoisotopic (exact) mass is 205 g/mol. The van der Waals surface area contributed by atoms with E-state index in [9.17, 15) is 5.11 Å². The van der Waals surface area contributed by atoms with Crippen LogP contribution in [0.1, 0.15) is 5.56 Å². The highest BCUT2D eigenvalue weighted by molar-refractivity contribution is 5.39. The molecular weight excluding hydrogens is 194 g/mol. The molecule has 5 heteroatoms. The number of aromatic nitrogens is 3. The highest BCUT2D eigenvalue weighted by Gasteiger charge is 2.04. The normalized spacial score (nSPS) is 10.2. The molecule has 0 amide bonds. The third kappa shape index (κ3) is 2.07. The van der Waals surface area contributed by atoms with E-state index < -0.39 is 0 Å². The molecule has 0 bridgehead atoms. The topological polar surface area (TPSA) is 60.2 Å². The van der Waals surface area contributed by atoms with Crippen LogP contribution in [0.15, 0.2) is 30.9 Å². The third-order valence-corrected chi connectivity index (χ3v) is 2.09. The Kier molecular flexibility index (Phi) is 2.53. The number of hydrogen-bond acceptors (Lipinski definition) is 4. The minimum atomic E-state index is 0.228. The molecule has 0 fully saturated rings. The van der Waals surface area contributed by atoms with Gasteiger partial charge in [-0.05, 0) is 18.2 Å². The van der Waals surface area contributed by atoms with Crippen molar-refractivity contribution in [2.75, 3.05) is 7.11 Å². The molecule has 1 N–H and O–H groups in total. The molecule has 1 aromatic carbocycles. The summed E-state index contributed by atoms with van der Waals surface area (Å²) in [7, 11) is 1.59. The van der Waals surface area contributed by atoms with Crippen LogP contribution in [0.5, 0.6) is 11.5 Å². The van der Waals surface area contributed by atoms with Crippen molar-refractivity contribution in [3.63, 3.8) is 0 Å². The van der Waals surface area contributed by atoms with Gasteiger partial charge in [-0.2, -0.15) is 5.10 Å². The van der Waals surface area contributed by atoms with E-state index in [4.69, 9.17) is 4.74 Å². The number of benzene rings is 1. The Balaban J connectivity index is 2.27. The fraction of sp³-hybridized carbons (Fsp3) is 0.200. The molecule has 0 saturated heterocycles. The summed E-state index contributed by atoms with van der Waals surface area (Å²) in [6.07, 6.45) is 3.05. The van der Waals surface area contributed by atoms with Gasteiger partial charge < -0.3 is 9.84 Å². The van der Waals surface area contributed by atoms with Gasteiger partial charge in [-0.3, -0.25) is 0 Å². The van der Waals surface area contributed by atoms with Gasteiger partial charge in [-0.1, -0.05) is 0 Å². The number of phenols is 1. The molecule has 1 aromatic heterocycles. The lowest BCUT2D eigenvalue weighted by Gasteiger charge is -2.06. The van der Waals surface area contributed by atoms with E-state index >= 15 is 0 Å². The predicted octanol–water partition coefficient (Wildman–Crippen LogP) is 1.04. The van der Waals surface area contributed by atoms with E-state index in [1.165, 1.54) is 6.33 Å². The number of rotatable bonds is 3. The minimum Gasteiger partial charge on any atom is -0.508 e. The Morgan fingerprint density at radius 3 is 3.00 bits per heavy atom. The molecule has 0 aliphatic carbocycles. The van der Waals surface area contributed by atoms with E-state index in [-0.39, 0.29) is 5.75 Å². The number of methoxy groups -OCH3 is 1. The molecule has 0 saturated carbocycles. The first-order valence-electron chi connectivity index (χ1n) is 4.48. The molecule has 0 radical (unpaired) electrons. The van der Waals surface area contributed by atoms with Crippen LogP contribution in [0.3, 0.4) is 0 Å². The number of nitrogens with zero attached hydrogens (tertiary/aromatic N) is 3. The van der Waals surface area contributed by atoms with E-state index in [1.807, 2.05) is 0 Å². The summed E-state index contributed by atoms with van der Waals surface area (Å²) in [5.41, 5.74) is 0.750. The summed E-state index contributed by atoms with van der Waals surface area (Å²) in [5, 5.41) is 13.6. The maximum atomic E-state index is 9.61. The van der Waals surface area contributed by atoms with Crippen molar-refractivity contribution in [3.8, 4) is 11.5 Å². The van der Waals surface area contributed by atoms with Gasteiger partial charge in [-0.25, -0.2) is 9.67 Å². The highest BCUT2D eigenvalue weighted by atomic mass is 16.5. The summed E-state index contributed by atoms with van der Waals surface area (Å²) >= 11 is 0. The highest BCUT2D eigenvalue weighted by Crippen LogP contribution is 2.23. The summed E-state index contributed by atoms with van der Waals surface area (Å²) in [5.74, 6) is 0.939. The van der Waals surface area contributed by atoms with E-state index in [0.717, 1.165) is 5.56 Å². The van der Waals surface area contributed by atoms with Crippen LogP contribution in [-0.2, 0) is 6.54 Å². The van der Waals surface area contributed by atoms with Crippen LogP contribution >= 0.6 is 0 Å². The summed E-state index contributed by atoms with van der Waals surface area (Å²) in [6, 6.07) is 5.09. The smallest absolute Gasteiger partial charge is 0.137 e. The van der Waals surface area contributed by atoms with Gasteiger partial charge in [0, 0.05) is 5.56 Å². The maximum absolute atomic E-state index is 9.61. The Morgan fingerprint density at radius 1 is 1.47 bits per heavy atom. The van der Waals surface area contributed by atoms with Gasteiger partial charge in [0.05, 0.1) is 13.7 Å². The van der Waals surface area contributed by atoms with E-state index in [2.05, 4.69) is 10.1 Å². The zero-order valence-electron chi connectivity index (χ0n) is 8.29.